The fourth-order valence-electron chi connectivity index (χ4n) is 1.72. The van der Waals surface area contributed by atoms with Crippen molar-refractivity contribution in [2.45, 2.75) is 19.9 Å². The number of nitrogens with zero attached hydrogens (tertiary/aromatic N) is 2. The zero-order valence-corrected chi connectivity index (χ0v) is 12.3. The molecule has 0 aliphatic heterocycles. The van der Waals surface area contributed by atoms with E-state index in [1.807, 2.05) is 0 Å². The van der Waals surface area contributed by atoms with E-state index in [0.717, 1.165) is 0 Å². The van der Waals surface area contributed by atoms with Gasteiger partial charge in [-0.1, -0.05) is 11.6 Å². The van der Waals surface area contributed by atoms with Gasteiger partial charge < -0.3 is 10.4 Å². The number of hydrogen-bond donors (Lipinski definition) is 2. The van der Waals surface area contributed by atoms with Gasteiger partial charge in [0.1, 0.15) is 6.04 Å². The van der Waals surface area contributed by atoms with Crippen LogP contribution in [0.5, 0.6) is 0 Å². The largest absolute Gasteiger partial charge is 0.478 e. The molecule has 6 nitrogen and oxygen atoms in total. The lowest BCUT2D eigenvalue weighted by Crippen LogP contribution is -2.24. The third kappa shape index (κ3) is 3.41. The summed E-state index contributed by atoms with van der Waals surface area (Å²) < 4.78 is 1.48. The number of anilines is 1. The minimum absolute atomic E-state index is 0.163. The summed E-state index contributed by atoms with van der Waals surface area (Å²) in [6.07, 6.45) is 1.59. The Morgan fingerprint density at radius 2 is 1.95 bits per heavy atom. The Morgan fingerprint density at radius 3 is 2.43 bits per heavy atom. The van der Waals surface area contributed by atoms with Gasteiger partial charge in [-0.15, -0.1) is 0 Å². The van der Waals surface area contributed by atoms with Crippen LogP contribution in [0.2, 0.25) is 5.02 Å². The van der Waals surface area contributed by atoms with Crippen LogP contribution in [0, 0.1) is 6.92 Å². The lowest BCUT2D eigenvalue weighted by Gasteiger charge is -2.12. The normalized spacial score (nSPS) is 12.0. The van der Waals surface area contributed by atoms with Gasteiger partial charge in [0.25, 0.3) is 0 Å². The van der Waals surface area contributed by atoms with Crippen LogP contribution < -0.4 is 5.32 Å². The quantitative estimate of drug-likeness (QED) is 0.909. The molecule has 21 heavy (non-hydrogen) atoms. The van der Waals surface area contributed by atoms with E-state index < -0.39 is 12.0 Å². The monoisotopic (exact) mass is 307 g/mol. The molecule has 0 aliphatic carbocycles. The Kier molecular flexibility index (Phi) is 4.28. The topological polar surface area (TPSA) is 84.2 Å². The van der Waals surface area contributed by atoms with Crippen LogP contribution in [0.4, 0.5) is 5.69 Å². The van der Waals surface area contributed by atoms with Crippen LogP contribution in [-0.2, 0) is 4.79 Å². The maximum Gasteiger partial charge on any atom is 0.335 e. The number of carbonyl (C=O) groups is 2. The standard InChI is InChI=1S/C14H14ClN3O3/c1-8-12(15)7-18(17-8)9(2)13(19)16-11-5-3-10(4-6-11)14(20)21/h3-7,9H,1-2H3,(H,16,19)(H,20,21). The molecular formula is C14H14ClN3O3. The van der Waals surface area contributed by atoms with Crippen molar-refractivity contribution in [2.75, 3.05) is 5.32 Å². The molecule has 2 rings (SSSR count). The molecule has 0 fully saturated rings. The first-order valence-corrected chi connectivity index (χ1v) is 6.61. The van der Waals surface area contributed by atoms with Crippen LogP contribution in [0.1, 0.15) is 29.0 Å². The summed E-state index contributed by atoms with van der Waals surface area (Å²) in [4.78, 5) is 22.9. The molecule has 2 aromatic rings. The van der Waals surface area contributed by atoms with E-state index in [1.165, 1.54) is 28.9 Å². The number of hydrogen-bond acceptors (Lipinski definition) is 3. The van der Waals surface area contributed by atoms with Gasteiger partial charge in [-0.05, 0) is 38.1 Å². The Hall–Kier alpha value is -2.34. The summed E-state index contributed by atoms with van der Waals surface area (Å²) in [5.41, 5.74) is 1.34. The lowest BCUT2D eigenvalue weighted by molar-refractivity contribution is -0.119. The number of rotatable bonds is 4. The Morgan fingerprint density at radius 1 is 1.33 bits per heavy atom. The van der Waals surface area contributed by atoms with Gasteiger partial charge in [0, 0.05) is 11.9 Å². The number of amides is 1. The lowest BCUT2D eigenvalue weighted by atomic mass is 10.2. The zero-order valence-electron chi connectivity index (χ0n) is 11.5. The molecular weight excluding hydrogens is 294 g/mol. The average Bonchev–Trinajstić information content (AvgIpc) is 2.78. The van der Waals surface area contributed by atoms with Crippen molar-refractivity contribution in [1.82, 2.24) is 9.78 Å². The van der Waals surface area contributed by atoms with Crippen LogP contribution in [0.25, 0.3) is 0 Å². The molecule has 110 valence electrons. The van der Waals surface area contributed by atoms with Crippen LogP contribution in [0.15, 0.2) is 30.5 Å². The summed E-state index contributed by atoms with van der Waals surface area (Å²) in [6.45, 7) is 3.46. The van der Waals surface area contributed by atoms with E-state index in [1.54, 1.807) is 20.0 Å². The van der Waals surface area contributed by atoms with E-state index in [4.69, 9.17) is 16.7 Å². The molecule has 0 radical (unpaired) electrons. The number of carboxylic acids is 1. The first-order valence-electron chi connectivity index (χ1n) is 6.24. The molecule has 1 unspecified atom stereocenters. The first kappa shape index (κ1) is 15.1. The first-order chi connectivity index (χ1) is 9.88. The highest BCUT2D eigenvalue weighted by atomic mass is 35.5. The predicted octanol–water partition coefficient (Wildman–Crippen LogP) is 2.74. The zero-order chi connectivity index (χ0) is 15.6. The van der Waals surface area contributed by atoms with Gasteiger partial charge in [-0.3, -0.25) is 9.48 Å². The second-order valence-electron chi connectivity index (χ2n) is 4.59. The molecule has 7 heteroatoms. The third-order valence-corrected chi connectivity index (χ3v) is 3.40. The van der Waals surface area contributed by atoms with Gasteiger partial charge >= 0.3 is 5.97 Å². The van der Waals surface area contributed by atoms with Gasteiger partial charge in [0.15, 0.2) is 0 Å². The molecule has 1 aromatic heterocycles. The van der Waals surface area contributed by atoms with E-state index in [9.17, 15) is 9.59 Å². The summed E-state index contributed by atoms with van der Waals surface area (Å²) in [7, 11) is 0. The van der Waals surface area contributed by atoms with Crippen molar-refractivity contribution in [3.8, 4) is 0 Å². The van der Waals surface area contributed by atoms with E-state index in [2.05, 4.69) is 10.4 Å². The molecule has 1 heterocycles. The van der Waals surface area contributed by atoms with E-state index in [0.29, 0.717) is 16.4 Å². The molecule has 1 aromatic carbocycles. The number of carbonyl (C=O) groups excluding carboxylic acids is 1. The fraction of sp³-hybridized carbons (Fsp3) is 0.214. The fourth-order valence-corrected chi connectivity index (χ4v) is 1.86. The van der Waals surface area contributed by atoms with Gasteiger partial charge in [-0.25, -0.2) is 4.79 Å². The summed E-state index contributed by atoms with van der Waals surface area (Å²) in [5.74, 6) is -1.28. The average molecular weight is 308 g/mol. The number of aromatic nitrogens is 2. The van der Waals surface area contributed by atoms with E-state index in [-0.39, 0.29) is 11.5 Å². The van der Waals surface area contributed by atoms with Crippen molar-refractivity contribution in [3.05, 3.63) is 46.7 Å². The number of aromatic carboxylic acids is 1. The number of aryl methyl sites for hydroxylation is 1. The number of halogens is 1. The Labute approximate surface area is 126 Å². The molecule has 0 spiro atoms. The smallest absolute Gasteiger partial charge is 0.335 e. The second-order valence-corrected chi connectivity index (χ2v) is 5.00. The molecule has 1 amide bonds. The molecule has 2 N–H and O–H groups in total. The number of carboxylic acid groups (broad SMARTS) is 1. The van der Waals surface area contributed by atoms with Crippen molar-refractivity contribution in [2.24, 2.45) is 0 Å². The highest BCUT2D eigenvalue weighted by molar-refractivity contribution is 6.31. The van der Waals surface area contributed by atoms with Crippen molar-refractivity contribution in [3.63, 3.8) is 0 Å². The highest BCUT2D eigenvalue weighted by Gasteiger charge is 2.17. The molecule has 0 bridgehead atoms. The highest BCUT2D eigenvalue weighted by Crippen LogP contribution is 2.17. The number of benzene rings is 1. The Bertz CT molecular complexity index is 660. The van der Waals surface area contributed by atoms with Crippen molar-refractivity contribution >= 4 is 29.2 Å². The molecule has 0 saturated carbocycles. The predicted molar refractivity (Wildman–Crippen MR) is 78.7 cm³/mol. The minimum Gasteiger partial charge on any atom is -0.478 e. The van der Waals surface area contributed by atoms with Crippen LogP contribution >= 0.6 is 11.6 Å². The molecule has 1 atom stereocenters. The van der Waals surface area contributed by atoms with Crippen molar-refractivity contribution in [1.29, 1.82) is 0 Å². The van der Waals surface area contributed by atoms with Crippen LogP contribution in [0.3, 0.4) is 0 Å². The van der Waals surface area contributed by atoms with Gasteiger partial charge in [0.2, 0.25) is 5.91 Å². The van der Waals surface area contributed by atoms with Gasteiger partial charge in [0.05, 0.1) is 16.3 Å². The molecule has 0 saturated heterocycles. The maximum atomic E-state index is 12.1. The van der Waals surface area contributed by atoms with Crippen molar-refractivity contribution < 1.29 is 14.7 Å². The Balaban J connectivity index is 2.08. The summed E-state index contributed by atoms with van der Waals surface area (Å²) in [5, 5.41) is 16.2. The van der Waals surface area contributed by atoms with Gasteiger partial charge in [-0.2, -0.15) is 5.10 Å². The number of nitrogens with one attached hydrogen (secondary N) is 1. The second kappa shape index (κ2) is 5.97. The SMILES string of the molecule is Cc1nn(C(C)C(=O)Nc2ccc(C(=O)O)cc2)cc1Cl. The summed E-state index contributed by atoms with van der Waals surface area (Å²) in [6, 6.07) is 5.40. The molecule has 0 aliphatic rings. The maximum absolute atomic E-state index is 12.1. The minimum atomic E-state index is -1.01. The summed E-state index contributed by atoms with van der Waals surface area (Å²) >= 11 is 5.91. The van der Waals surface area contributed by atoms with E-state index >= 15 is 0 Å². The van der Waals surface area contributed by atoms with Crippen LogP contribution in [-0.4, -0.2) is 26.8 Å². The third-order valence-electron chi connectivity index (χ3n) is 3.03.